The van der Waals surface area contributed by atoms with Crippen molar-refractivity contribution in [1.82, 2.24) is 5.32 Å². The molecule has 1 aliphatic rings. The standard InChI is InChI=1S/C17H27NO3/c1-20-11-5-12-21-13-10-17(14-19,18-16-8-9-16)15-6-3-2-4-7-15/h2-4,6-7,16,18-19H,5,8-14H2,1H3. The molecule has 118 valence electrons. The Morgan fingerprint density at radius 2 is 1.95 bits per heavy atom. The highest BCUT2D eigenvalue weighted by molar-refractivity contribution is 5.25. The lowest BCUT2D eigenvalue weighted by Gasteiger charge is -2.34. The van der Waals surface area contributed by atoms with Crippen LogP contribution in [0.25, 0.3) is 0 Å². The van der Waals surface area contributed by atoms with Crippen LogP contribution in [0.2, 0.25) is 0 Å². The molecule has 1 saturated carbocycles. The Labute approximate surface area is 127 Å². The van der Waals surface area contributed by atoms with Gasteiger partial charge in [-0.2, -0.15) is 0 Å². The van der Waals surface area contributed by atoms with Crippen LogP contribution in [0.15, 0.2) is 30.3 Å². The van der Waals surface area contributed by atoms with Crippen molar-refractivity contribution < 1.29 is 14.6 Å². The predicted octanol–water partition coefficient (Wildman–Crippen LogP) is 2.07. The minimum Gasteiger partial charge on any atom is -0.394 e. The molecule has 1 atom stereocenters. The summed E-state index contributed by atoms with van der Waals surface area (Å²) >= 11 is 0. The molecule has 0 amide bonds. The van der Waals surface area contributed by atoms with Gasteiger partial charge >= 0.3 is 0 Å². The Bertz CT molecular complexity index is 394. The number of aliphatic hydroxyl groups is 1. The van der Waals surface area contributed by atoms with Gasteiger partial charge in [-0.15, -0.1) is 0 Å². The molecule has 1 aromatic carbocycles. The van der Waals surface area contributed by atoms with E-state index in [1.807, 2.05) is 18.2 Å². The summed E-state index contributed by atoms with van der Waals surface area (Å²) in [6.45, 7) is 2.16. The van der Waals surface area contributed by atoms with Crippen LogP contribution in [0.1, 0.15) is 31.2 Å². The lowest BCUT2D eigenvalue weighted by molar-refractivity contribution is 0.0660. The minimum atomic E-state index is -0.385. The van der Waals surface area contributed by atoms with Gasteiger partial charge in [-0.3, -0.25) is 0 Å². The van der Waals surface area contributed by atoms with Crippen LogP contribution in [-0.2, 0) is 15.0 Å². The van der Waals surface area contributed by atoms with Gasteiger partial charge in [-0.25, -0.2) is 0 Å². The molecule has 1 unspecified atom stereocenters. The van der Waals surface area contributed by atoms with E-state index in [0.29, 0.717) is 19.3 Å². The van der Waals surface area contributed by atoms with Crippen LogP contribution in [-0.4, -0.2) is 44.7 Å². The molecule has 1 aromatic rings. The number of aliphatic hydroxyl groups excluding tert-OH is 1. The summed E-state index contributed by atoms with van der Waals surface area (Å²) in [7, 11) is 1.70. The number of methoxy groups -OCH3 is 1. The number of nitrogens with one attached hydrogen (secondary N) is 1. The first-order valence-corrected chi connectivity index (χ1v) is 7.81. The Morgan fingerprint density at radius 3 is 2.57 bits per heavy atom. The van der Waals surface area contributed by atoms with E-state index in [9.17, 15) is 5.11 Å². The summed E-state index contributed by atoms with van der Waals surface area (Å²) in [6, 6.07) is 10.7. The molecule has 21 heavy (non-hydrogen) atoms. The first-order valence-electron chi connectivity index (χ1n) is 7.81. The van der Waals surface area contributed by atoms with E-state index in [2.05, 4.69) is 17.4 Å². The number of hydrogen-bond donors (Lipinski definition) is 2. The maximum absolute atomic E-state index is 10.0. The maximum atomic E-state index is 10.0. The molecule has 0 aliphatic heterocycles. The molecule has 0 bridgehead atoms. The van der Waals surface area contributed by atoms with Crippen molar-refractivity contribution in [3.05, 3.63) is 35.9 Å². The van der Waals surface area contributed by atoms with Gasteiger partial charge in [0.05, 0.1) is 12.1 Å². The van der Waals surface area contributed by atoms with Crippen LogP contribution < -0.4 is 5.32 Å². The second kappa shape index (κ2) is 8.49. The predicted molar refractivity (Wildman–Crippen MR) is 83.3 cm³/mol. The zero-order valence-electron chi connectivity index (χ0n) is 12.9. The lowest BCUT2D eigenvalue weighted by atomic mass is 9.87. The van der Waals surface area contributed by atoms with Crippen molar-refractivity contribution in [3.8, 4) is 0 Å². The lowest BCUT2D eigenvalue weighted by Crippen LogP contribution is -2.47. The number of ether oxygens (including phenoxy) is 2. The fourth-order valence-electron chi connectivity index (χ4n) is 2.55. The van der Waals surface area contributed by atoms with E-state index in [4.69, 9.17) is 9.47 Å². The molecule has 2 N–H and O–H groups in total. The van der Waals surface area contributed by atoms with E-state index in [1.165, 1.54) is 12.8 Å². The highest BCUT2D eigenvalue weighted by Crippen LogP contribution is 2.31. The summed E-state index contributed by atoms with van der Waals surface area (Å²) in [4.78, 5) is 0. The summed E-state index contributed by atoms with van der Waals surface area (Å²) < 4.78 is 10.7. The van der Waals surface area contributed by atoms with Crippen molar-refractivity contribution in [2.24, 2.45) is 0 Å². The molecule has 1 aliphatic carbocycles. The van der Waals surface area contributed by atoms with E-state index < -0.39 is 0 Å². The largest absolute Gasteiger partial charge is 0.394 e. The zero-order chi connectivity index (χ0) is 15.0. The second-order valence-corrected chi connectivity index (χ2v) is 5.73. The Hall–Kier alpha value is -0.940. The smallest absolute Gasteiger partial charge is 0.0693 e. The maximum Gasteiger partial charge on any atom is 0.0693 e. The van der Waals surface area contributed by atoms with Crippen molar-refractivity contribution in [1.29, 1.82) is 0 Å². The van der Waals surface area contributed by atoms with Crippen molar-refractivity contribution in [2.75, 3.05) is 33.5 Å². The normalized spacial score (nSPS) is 17.6. The molecule has 4 nitrogen and oxygen atoms in total. The number of benzene rings is 1. The first-order chi connectivity index (χ1) is 10.3. The minimum absolute atomic E-state index is 0.0922. The third-order valence-corrected chi connectivity index (χ3v) is 3.96. The molecule has 0 heterocycles. The van der Waals surface area contributed by atoms with Gasteiger partial charge in [0.15, 0.2) is 0 Å². The third-order valence-electron chi connectivity index (χ3n) is 3.96. The summed E-state index contributed by atoms with van der Waals surface area (Å²) in [6.07, 6.45) is 4.08. The van der Waals surface area contributed by atoms with Crippen molar-refractivity contribution >= 4 is 0 Å². The molecular weight excluding hydrogens is 266 g/mol. The van der Waals surface area contributed by atoms with Crippen molar-refractivity contribution in [2.45, 2.75) is 37.3 Å². The quantitative estimate of drug-likeness (QED) is 0.613. The SMILES string of the molecule is COCCCOCCC(CO)(NC1CC1)c1ccccc1. The zero-order valence-corrected chi connectivity index (χ0v) is 12.9. The molecule has 4 heteroatoms. The van der Waals surface area contributed by atoms with Crippen molar-refractivity contribution in [3.63, 3.8) is 0 Å². The summed E-state index contributed by atoms with van der Waals surface area (Å²) in [5.74, 6) is 0. The molecule has 0 spiro atoms. The molecule has 0 aromatic heterocycles. The fourth-order valence-corrected chi connectivity index (χ4v) is 2.55. The highest BCUT2D eigenvalue weighted by atomic mass is 16.5. The first kappa shape index (κ1) is 16.4. The molecule has 0 saturated heterocycles. The van der Waals surface area contributed by atoms with Gasteiger partial charge in [-0.1, -0.05) is 30.3 Å². The molecule has 1 fully saturated rings. The number of rotatable bonds is 11. The van der Waals surface area contributed by atoms with E-state index >= 15 is 0 Å². The Kier molecular flexibility index (Phi) is 6.64. The van der Waals surface area contributed by atoms with Crippen LogP contribution in [0.4, 0.5) is 0 Å². The van der Waals surface area contributed by atoms with E-state index in [-0.39, 0.29) is 12.1 Å². The van der Waals surface area contributed by atoms with Crippen LogP contribution in [0.5, 0.6) is 0 Å². The van der Waals surface area contributed by atoms with Gasteiger partial charge in [0.1, 0.15) is 0 Å². The average molecular weight is 293 g/mol. The van der Waals surface area contributed by atoms with Gasteiger partial charge < -0.3 is 19.9 Å². The Balaban J connectivity index is 1.91. The molecular formula is C17H27NO3. The molecule has 2 rings (SSSR count). The van der Waals surface area contributed by atoms with Gasteiger partial charge in [-0.05, 0) is 31.2 Å². The van der Waals surface area contributed by atoms with E-state index in [0.717, 1.165) is 25.0 Å². The summed E-state index contributed by atoms with van der Waals surface area (Å²) in [5, 5.41) is 13.6. The third kappa shape index (κ3) is 5.08. The van der Waals surface area contributed by atoms with Gasteiger partial charge in [0.25, 0.3) is 0 Å². The Morgan fingerprint density at radius 1 is 1.19 bits per heavy atom. The monoisotopic (exact) mass is 293 g/mol. The fraction of sp³-hybridized carbons (Fsp3) is 0.647. The van der Waals surface area contributed by atoms with Gasteiger partial charge in [0, 0.05) is 33.0 Å². The number of hydrogen-bond acceptors (Lipinski definition) is 4. The topological polar surface area (TPSA) is 50.7 Å². The van der Waals surface area contributed by atoms with Gasteiger partial charge in [0.2, 0.25) is 0 Å². The average Bonchev–Trinajstić information content (AvgIpc) is 3.34. The highest BCUT2D eigenvalue weighted by Gasteiger charge is 2.36. The van der Waals surface area contributed by atoms with Crippen LogP contribution in [0.3, 0.4) is 0 Å². The van der Waals surface area contributed by atoms with E-state index in [1.54, 1.807) is 7.11 Å². The molecule has 0 radical (unpaired) electrons. The van der Waals surface area contributed by atoms with Crippen LogP contribution >= 0.6 is 0 Å². The van der Waals surface area contributed by atoms with Crippen LogP contribution in [0, 0.1) is 0 Å². The second-order valence-electron chi connectivity index (χ2n) is 5.73. The summed E-state index contributed by atoms with van der Waals surface area (Å²) in [5.41, 5.74) is 0.754.